The predicted octanol–water partition coefficient (Wildman–Crippen LogP) is 12.0. The van der Waals surface area contributed by atoms with Crippen LogP contribution in [-0.4, -0.2) is 0 Å². The summed E-state index contributed by atoms with van der Waals surface area (Å²) in [7, 11) is 3.18. The lowest BCUT2D eigenvalue weighted by molar-refractivity contribution is 0.773. The van der Waals surface area contributed by atoms with Crippen molar-refractivity contribution in [3.05, 3.63) is 162 Å². The molecule has 7 aromatic rings. The number of fused-ring (bicyclic) bond motifs is 6. The highest BCUT2D eigenvalue weighted by molar-refractivity contribution is 7.17. The molecule has 0 amide bonds. The highest BCUT2D eigenvalue weighted by Crippen LogP contribution is 2.46. The second-order valence-electron chi connectivity index (χ2n) is 11.8. The average Bonchev–Trinajstić information content (AvgIpc) is 3.11. The minimum atomic E-state index is 0.177. The fraction of sp³-hybridized carbons (Fsp3) is 0.0952. The Hall–Kier alpha value is -4.51. The molecule has 0 spiro atoms. The molecule has 3 atom stereocenters. The number of rotatable bonds is 2. The zero-order chi connectivity index (χ0) is 28.9. The smallest absolute Gasteiger partial charge is 0.0181 e. The Bertz CT molecular complexity index is 2190. The van der Waals surface area contributed by atoms with Gasteiger partial charge >= 0.3 is 0 Å². The summed E-state index contributed by atoms with van der Waals surface area (Å²) in [5.41, 5.74) is 8.25. The third kappa shape index (κ3) is 4.32. The second kappa shape index (κ2) is 10.6. The SMILES string of the molecule is CC1C/C=C\C(c2c3ccccc3c(-c3cccc4ccccc34)c3ccccc23)=C/C(P)c2c1ccc1ccccc21. The molecule has 0 heterocycles. The molecule has 0 N–H and O–H groups in total. The monoisotopic (exact) mass is 568 g/mol. The van der Waals surface area contributed by atoms with Crippen LogP contribution in [0.25, 0.3) is 59.8 Å². The molecule has 8 rings (SSSR count). The van der Waals surface area contributed by atoms with Gasteiger partial charge in [-0.15, -0.1) is 9.24 Å². The summed E-state index contributed by atoms with van der Waals surface area (Å²) >= 11 is 0. The first-order chi connectivity index (χ1) is 21.2. The van der Waals surface area contributed by atoms with Crippen molar-refractivity contribution in [2.75, 3.05) is 0 Å². The van der Waals surface area contributed by atoms with Gasteiger partial charge in [0.05, 0.1) is 0 Å². The van der Waals surface area contributed by atoms with Crippen molar-refractivity contribution in [2.24, 2.45) is 0 Å². The van der Waals surface area contributed by atoms with Gasteiger partial charge in [-0.2, -0.15) is 0 Å². The summed E-state index contributed by atoms with van der Waals surface area (Å²) in [6.07, 6.45) is 8.26. The van der Waals surface area contributed by atoms with E-state index in [1.54, 1.807) is 0 Å². The molecule has 1 aliphatic rings. The van der Waals surface area contributed by atoms with Gasteiger partial charge in [-0.25, -0.2) is 0 Å². The Morgan fingerprint density at radius 3 is 1.74 bits per heavy atom. The van der Waals surface area contributed by atoms with Gasteiger partial charge in [-0.1, -0.05) is 153 Å². The molecule has 206 valence electrons. The third-order valence-corrected chi connectivity index (χ3v) is 9.82. The van der Waals surface area contributed by atoms with Crippen molar-refractivity contribution in [1.82, 2.24) is 0 Å². The van der Waals surface area contributed by atoms with E-state index in [1.807, 2.05) is 0 Å². The summed E-state index contributed by atoms with van der Waals surface area (Å²) in [6.45, 7) is 2.37. The maximum atomic E-state index is 3.18. The fourth-order valence-electron chi connectivity index (χ4n) is 7.31. The van der Waals surface area contributed by atoms with E-state index in [0.29, 0.717) is 5.92 Å². The van der Waals surface area contributed by atoms with Crippen LogP contribution in [0.1, 0.15) is 41.6 Å². The molecule has 0 bridgehead atoms. The normalized spacial score (nSPS) is 19.0. The zero-order valence-corrected chi connectivity index (χ0v) is 25.5. The Labute approximate surface area is 255 Å². The maximum absolute atomic E-state index is 3.18. The van der Waals surface area contributed by atoms with Gasteiger partial charge in [-0.05, 0) is 88.8 Å². The van der Waals surface area contributed by atoms with E-state index in [0.717, 1.165) is 6.42 Å². The van der Waals surface area contributed by atoms with Gasteiger partial charge in [0.25, 0.3) is 0 Å². The van der Waals surface area contributed by atoms with Crippen molar-refractivity contribution < 1.29 is 0 Å². The molecule has 0 aliphatic heterocycles. The van der Waals surface area contributed by atoms with E-state index in [9.17, 15) is 0 Å². The Morgan fingerprint density at radius 2 is 1.07 bits per heavy atom. The molecular formula is C42H33P. The molecular weight excluding hydrogens is 535 g/mol. The number of benzene rings is 7. The molecule has 3 unspecified atom stereocenters. The summed E-state index contributed by atoms with van der Waals surface area (Å²) < 4.78 is 0. The van der Waals surface area contributed by atoms with Crippen LogP contribution in [0.15, 0.2) is 146 Å². The third-order valence-electron chi connectivity index (χ3n) is 9.29. The topological polar surface area (TPSA) is 0 Å². The van der Waals surface area contributed by atoms with Crippen molar-refractivity contribution in [2.45, 2.75) is 24.9 Å². The molecule has 7 aromatic carbocycles. The molecule has 0 saturated carbocycles. The lowest BCUT2D eigenvalue weighted by Crippen LogP contribution is -2.01. The van der Waals surface area contributed by atoms with Crippen molar-refractivity contribution in [3.63, 3.8) is 0 Å². The van der Waals surface area contributed by atoms with E-state index in [4.69, 9.17) is 0 Å². The van der Waals surface area contributed by atoms with Crippen LogP contribution in [0.5, 0.6) is 0 Å². The molecule has 0 nitrogen and oxygen atoms in total. The van der Waals surface area contributed by atoms with E-state index < -0.39 is 0 Å². The summed E-state index contributed by atoms with van der Waals surface area (Å²) in [4.78, 5) is 0. The number of hydrogen-bond acceptors (Lipinski definition) is 0. The number of hydrogen-bond donors (Lipinski definition) is 0. The first kappa shape index (κ1) is 26.1. The lowest BCUT2D eigenvalue weighted by atomic mass is 9.84. The average molecular weight is 569 g/mol. The van der Waals surface area contributed by atoms with Crippen LogP contribution < -0.4 is 0 Å². The van der Waals surface area contributed by atoms with Crippen LogP contribution >= 0.6 is 9.24 Å². The standard InChI is InChI=1S/C42H33P/c1-27-12-10-16-30(26-39(43)42-31(27)25-24-29-14-3-5-18-33(29)42)40-35-19-6-8-21-37(35)41(38-22-9-7-20-36(38)40)34-23-11-15-28-13-2-4-17-32(28)34/h2-11,13-27,39H,12,43H2,1H3/b16-10-,30-26+. The second-order valence-corrected chi connectivity index (χ2v) is 12.6. The molecule has 1 heteroatoms. The lowest BCUT2D eigenvalue weighted by Gasteiger charge is -2.21. The molecule has 0 fully saturated rings. The Balaban J connectivity index is 1.45. The van der Waals surface area contributed by atoms with Gasteiger partial charge in [0.15, 0.2) is 0 Å². The van der Waals surface area contributed by atoms with Gasteiger partial charge in [0, 0.05) is 5.66 Å². The van der Waals surface area contributed by atoms with Crippen LogP contribution in [0.4, 0.5) is 0 Å². The Kier molecular flexibility index (Phi) is 6.47. The first-order valence-electron chi connectivity index (χ1n) is 15.3. The van der Waals surface area contributed by atoms with Crippen molar-refractivity contribution >= 4 is 57.9 Å². The molecule has 43 heavy (non-hydrogen) atoms. The summed E-state index contributed by atoms with van der Waals surface area (Å²) in [5, 5.41) is 10.4. The minimum Gasteiger partial charge on any atom is -0.126 e. The van der Waals surface area contributed by atoms with Crippen LogP contribution in [0.2, 0.25) is 0 Å². The van der Waals surface area contributed by atoms with Crippen LogP contribution in [0, 0.1) is 0 Å². The van der Waals surface area contributed by atoms with Gasteiger partial charge < -0.3 is 0 Å². The van der Waals surface area contributed by atoms with E-state index in [2.05, 4.69) is 162 Å². The predicted molar refractivity (Wildman–Crippen MR) is 191 cm³/mol. The van der Waals surface area contributed by atoms with Crippen molar-refractivity contribution in [3.8, 4) is 11.1 Å². The number of allylic oxidation sites excluding steroid dienone is 4. The Morgan fingerprint density at radius 1 is 0.535 bits per heavy atom. The van der Waals surface area contributed by atoms with E-state index in [-0.39, 0.29) is 5.66 Å². The molecule has 0 radical (unpaired) electrons. The molecule has 0 saturated heterocycles. The minimum absolute atomic E-state index is 0.177. The maximum Gasteiger partial charge on any atom is 0.0181 e. The zero-order valence-electron chi connectivity index (χ0n) is 24.3. The fourth-order valence-corrected chi connectivity index (χ4v) is 7.89. The van der Waals surface area contributed by atoms with Gasteiger partial charge in [-0.3, -0.25) is 0 Å². The largest absolute Gasteiger partial charge is 0.126 e. The highest BCUT2D eigenvalue weighted by Gasteiger charge is 2.22. The van der Waals surface area contributed by atoms with Crippen molar-refractivity contribution in [1.29, 1.82) is 0 Å². The van der Waals surface area contributed by atoms with Gasteiger partial charge in [0.1, 0.15) is 0 Å². The van der Waals surface area contributed by atoms with Crippen LogP contribution in [-0.2, 0) is 0 Å². The highest BCUT2D eigenvalue weighted by atomic mass is 31.0. The van der Waals surface area contributed by atoms with Crippen LogP contribution in [0.3, 0.4) is 0 Å². The van der Waals surface area contributed by atoms with E-state index in [1.165, 1.54) is 76.5 Å². The first-order valence-corrected chi connectivity index (χ1v) is 15.9. The summed E-state index contributed by atoms with van der Waals surface area (Å²) in [5.74, 6) is 0.439. The van der Waals surface area contributed by atoms with E-state index >= 15 is 0 Å². The molecule has 1 aliphatic carbocycles. The summed E-state index contributed by atoms with van der Waals surface area (Å²) in [6, 6.07) is 47.0. The quantitative estimate of drug-likeness (QED) is 0.144. The molecule has 0 aromatic heterocycles. The van der Waals surface area contributed by atoms with Gasteiger partial charge in [0.2, 0.25) is 0 Å².